The summed E-state index contributed by atoms with van der Waals surface area (Å²) in [5.41, 5.74) is 2.88. The molecule has 0 bridgehead atoms. The minimum absolute atomic E-state index is 0.442. The van der Waals surface area contributed by atoms with Crippen LogP contribution < -0.4 is 14.8 Å². The summed E-state index contributed by atoms with van der Waals surface area (Å²) in [6, 6.07) is 12.7. The van der Waals surface area contributed by atoms with Crippen LogP contribution in [-0.2, 0) is 15.3 Å². The molecule has 0 amide bonds. The molecular formula is C25H27ClN4O4S. The van der Waals surface area contributed by atoms with Crippen molar-refractivity contribution >= 4 is 35.3 Å². The van der Waals surface area contributed by atoms with Gasteiger partial charge in [-0.25, -0.2) is 9.48 Å². The van der Waals surface area contributed by atoms with E-state index in [1.54, 1.807) is 11.8 Å². The zero-order valence-electron chi connectivity index (χ0n) is 20.0. The highest BCUT2D eigenvalue weighted by Crippen LogP contribution is 2.40. The van der Waals surface area contributed by atoms with E-state index in [9.17, 15) is 4.79 Å². The molecule has 0 aliphatic carbocycles. The van der Waals surface area contributed by atoms with E-state index in [1.165, 1.54) is 18.9 Å². The standard InChI is InChI=1S/C25H27ClN4O4S/c1-5-12-34-19-11-10-16(13-20(19)32-3)22-21(23(31)33-4)15(2)27-24-28-25(29-30(22)24)35-14-17-8-6-7-9-18(17)26/h6-11,13,22H,5,12,14H2,1-4H3,(H,27,28,29). The van der Waals surface area contributed by atoms with E-state index < -0.39 is 12.0 Å². The molecule has 1 aliphatic heterocycles. The first-order valence-corrected chi connectivity index (χ1v) is 12.5. The summed E-state index contributed by atoms with van der Waals surface area (Å²) >= 11 is 7.77. The number of benzene rings is 2. The second kappa shape index (κ2) is 11.0. The zero-order valence-corrected chi connectivity index (χ0v) is 21.6. The maximum atomic E-state index is 12.8. The van der Waals surface area contributed by atoms with Crippen molar-refractivity contribution < 1.29 is 19.0 Å². The van der Waals surface area contributed by atoms with Gasteiger partial charge in [0.2, 0.25) is 11.1 Å². The molecule has 1 aliphatic rings. The number of nitrogens with one attached hydrogen (secondary N) is 1. The van der Waals surface area contributed by atoms with Crippen LogP contribution in [0.15, 0.2) is 58.9 Å². The van der Waals surface area contributed by atoms with E-state index in [4.69, 9.17) is 30.9 Å². The fraction of sp³-hybridized carbons (Fsp3) is 0.320. The Balaban J connectivity index is 1.72. The third kappa shape index (κ3) is 5.26. The normalized spacial score (nSPS) is 14.8. The predicted molar refractivity (Wildman–Crippen MR) is 136 cm³/mol. The fourth-order valence-corrected chi connectivity index (χ4v) is 4.93. The Morgan fingerprint density at radius 1 is 1.20 bits per heavy atom. The third-order valence-corrected chi connectivity index (χ3v) is 6.77. The summed E-state index contributed by atoms with van der Waals surface area (Å²) in [5, 5.41) is 9.19. The molecule has 0 saturated carbocycles. The summed E-state index contributed by atoms with van der Waals surface area (Å²) in [6.07, 6.45) is 0.880. The number of rotatable bonds is 9. The lowest BCUT2D eigenvalue weighted by atomic mass is 9.95. The number of allylic oxidation sites excluding steroid dienone is 1. The molecule has 3 aromatic rings. The number of hydrogen-bond donors (Lipinski definition) is 1. The van der Waals surface area contributed by atoms with Gasteiger partial charge >= 0.3 is 5.97 Å². The van der Waals surface area contributed by atoms with Crippen LogP contribution in [0, 0.1) is 0 Å². The average Bonchev–Trinajstić information content (AvgIpc) is 3.27. The zero-order chi connectivity index (χ0) is 24.9. The molecule has 2 heterocycles. The van der Waals surface area contributed by atoms with Crippen LogP contribution in [0.25, 0.3) is 0 Å². The number of halogens is 1. The van der Waals surface area contributed by atoms with Crippen LogP contribution in [0.4, 0.5) is 5.95 Å². The van der Waals surface area contributed by atoms with Gasteiger partial charge in [0.25, 0.3) is 0 Å². The van der Waals surface area contributed by atoms with Crippen molar-refractivity contribution in [3.05, 3.63) is 69.9 Å². The lowest BCUT2D eigenvalue weighted by molar-refractivity contribution is -0.136. The van der Waals surface area contributed by atoms with E-state index >= 15 is 0 Å². The number of fused-ring (bicyclic) bond motifs is 1. The molecule has 0 radical (unpaired) electrons. The number of aromatic nitrogens is 3. The van der Waals surface area contributed by atoms with E-state index in [2.05, 4.69) is 10.3 Å². The second-order valence-electron chi connectivity index (χ2n) is 7.86. The minimum atomic E-state index is -0.560. The van der Waals surface area contributed by atoms with E-state index in [-0.39, 0.29) is 0 Å². The Labute approximate surface area is 213 Å². The van der Waals surface area contributed by atoms with Gasteiger partial charge in [0, 0.05) is 16.5 Å². The van der Waals surface area contributed by atoms with Gasteiger partial charge in [-0.3, -0.25) is 0 Å². The number of methoxy groups -OCH3 is 2. The molecule has 1 aromatic heterocycles. The summed E-state index contributed by atoms with van der Waals surface area (Å²) in [4.78, 5) is 17.5. The smallest absolute Gasteiger partial charge is 0.338 e. The molecule has 1 atom stereocenters. The molecule has 0 fully saturated rings. The number of carbonyl (C=O) groups excluding carboxylic acids is 1. The van der Waals surface area contributed by atoms with Crippen LogP contribution in [0.3, 0.4) is 0 Å². The maximum Gasteiger partial charge on any atom is 0.338 e. The minimum Gasteiger partial charge on any atom is -0.493 e. The maximum absolute atomic E-state index is 12.8. The highest BCUT2D eigenvalue weighted by atomic mass is 35.5. The van der Waals surface area contributed by atoms with Gasteiger partial charge in [0.05, 0.1) is 26.4 Å². The fourth-order valence-electron chi connectivity index (χ4n) is 3.82. The van der Waals surface area contributed by atoms with Crippen LogP contribution in [0.1, 0.15) is 37.4 Å². The van der Waals surface area contributed by atoms with Crippen molar-refractivity contribution in [3.8, 4) is 11.5 Å². The molecule has 2 aromatic carbocycles. The molecule has 1 unspecified atom stereocenters. The Kier molecular flexibility index (Phi) is 7.87. The van der Waals surface area contributed by atoms with Gasteiger partial charge in [0.1, 0.15) is 6.04 Å². The SMILES string of the molecule is CCCOc1ccc(C2C(C(=O)OC)=C(C)Nc3nc(SCc4ccccc4Cl)nn32)cc1OC. The van der Waals surface area contributed by atoms with Gasteiger partial charge in [-0.15, -0.1) is 5.10 Å². The van der Waals surface area contributed by atoms with Gasteiger partial charge in [-0.05, 0) is 42.7 Å². The first-order chi connectivity index (χ1) is 17.0. The Morgan fingerprint density at radius 3 is 2.71 bits per heavy atom. The van der Waals surface area contributed by atoms with Crippen molar-refractivity contribution in [3.63, 3.8) is 0 Å². The van der Waals surface area contributed by atoms with Gasteiger partial charge < -0.3 is 19.5 Å². The molecule has 4 rings (SSSR count). The summed E-state index contributed by atoms with van der Waals surface area (Å²) in [7, 11) is 2.96. The first kappa shape index (κ1) is 24.9. The number of anilines is 1. The molecule has 8 nitrogen and oxygen atoms in total. The Bertz CT molecular complexity index is 1260. The molecule has 0 saturated heterocycles. The van der Waals surface area contributed by atoms with Crippen LogP contribution in [-0.4, -0.2) is 41.6 Å². The lowest BCUT2D eigenvalue weighted by Crippen LogP contribution is -2.29. The highest BCUT2D eigenvalue weighted by molar-refractivity contribution is 7.98. The van der Waals surface area contributed by atoms with Gasteiger partial charge in [-0.1, -0.05) is 54.6 Å². The van der Waals surface area contributed by atoms with Gasteiger partial charge in [-0.2, -0.15) is 4.98 Å². The van der Waals surface area contributed by atoms with E-state index in [0.29, 0.717) is 51.3 Å². The van der Waals surface area contributed by atoms with Crippen molar-refractivity contribution in [1.29, 1.82) is 0 Å². The lowest BCUT2D eigenvalue weighted by Gasteiger charge is -2.28. The molecule has 35 heavy (non-hydrogen) atoms. The quantitative estimate of drug-likeness (QED) is 0.296. The topological polar surface area (TPSA) is 87.5 Å². The van der Waals surface area contributed by atoms with Gasteiger partial charge in [0.15, 0.2) is 11.5 Å². The number of ether oxygens (including phenoxy) is 3. The third-order valence-electron chi connectivity index (χ3n) is 5.52. The summed E-state index contributed by atoms with van der Waals surface area (Å²) in [6.45, 7) is 4.44. The van der Waals surface area contributed by atoms with Crippen molar-refractivity contribution in [1.82, 2.24) is 14.8 Å². The molecule has 184 valence electrons. The molecular weight excluding hydrogens is 488 g/mol. The number of nitrogens with zero attached hydrogens (tertiary/aromatic N) is 3. The Hall–Kier alpha value is -3.17. The number of thioether (sulfide) groups is 1. The molecule has 1 N–H and O–H groups in total. The van der Waals surface area contributed by atoms with Crippen molar-refractivity contribution in [2.75, 3.05) is 26.1 Å². The first-order valence-electron chi connectivity index (χ1n) is 11.2. The van der Waals surface area contributed by atoms with E-state index in [0.717, 1.165) is 17.5 Å². The summed E-state index contributed by atoms with van der Waals surface area (Å²) < 4.78 is 18.2. The highest BCUT2D eigenvalue weighted by Gasteiger charge is 2.35. The van der Waals surface area contributed by atoms with Crippen molar-refractivity contribution in [2.24, 2.45) is 0 Å². The van der Waals surface area contributed by atoms with Crippen LogP contribution in [0.2, 0.25) is 5.02 Å². The monoisotopic (exact) mass is 514 g/mol. The largest absolute Gasteiger partial charge is 0.493 e. The van der Waals surface area contributed by atoms with Crippen LogP contribution in [0.5, 0.6) is 11.5 Å². The second-order valence-corrected chi connectivity index (χ2v) is 9.21. The van der Waals surface area contributed by atoms with Crippen molar-refractivity contribution in [2.45, 2.75) is 37.2 Å². The number of carbonyl (C=O) groups is 1. The number of hydrogen-bond acceptors (Lipinski definition) is 8. The average molecular weight is 515 g/mol. The predicted octanol–water partition coefficient (Wildman–Crippen LogP) is 5.48. The number of esters is 1. The summed E-state index contributed by atoms with van der Waals surface area (Å²) in [5.74, 6) is 1.92. The van der Waals surface area contributed by atoms with E-state index in [1.807, 2.05) is 56.3 Å². The molecule has 0 spiro atoms. The Morgan fingerprint density at radius 2 is 2.00 bits per heavy atom. The van der Waals surface area contributed by atoms with Crippen LogP contribution >= 0.6 is 23.4 Å². The molecule has 10 heteroatoms.